The van der Waals surface area contributed by atoms with Crippen LogP contribution in [0.25, 0.3) is 0 Å². The van der Waals surface area contributed by atoms with E-state index in [1.54, 1.807) is 6.92 Å². The highest BCUT2D eigenvalue weighted by molar-refractivity contribution is 5.94. The van der Waals surface area contributed by atoms with Crippen LogP contribution < -0.4 is 5.32 Å². The number of carbonyl (C=O) groups is 2. The zero-order valence-electron chi connectivity index (χ0n) is 12.9. The summed E-state index contributed by atoms with van der Waals surface area (Å²) in [6, 6.07) is 8.89. The number of carboxylic acid groups (broad SMARTS) is 1. The van der Waals surface area contributed by atoms with Crippen LogP contribution in [0.2, 0.25) is 0 Å². The molecule has 116 valence electrons. The van der Waals surface area contributed by atoms with Gasteiger partial charge in [0.1, 0.15) is 0 Å². The van der Waals surface area contributed by atoms with E-state index in [4.69, 9.17) is 5.11 Å². The van der Waals surface area contributed by atoms with Crippen LogP contribution in [0.15, 0.2) is 30.3 Å². The number of amides is 1. The average Bonchev–Trinajstić information content (AvgIpc) is 2.46. The molecule has 0 aliphatic rings. The average molecular weight is 292 g/mol. The van der Waals surface area contributed by atoms with E-state index in [0.29, 0.717) is 13.1 Å². The number of nitrogens with zero attached hydrogens (tertiary/aromatic N) is 1. The van der Waals surface area contributed by atoms with Crippen molar-refractivity contribution in [2.24, 2.45) is 5.92 Å². The van der Waals surface area contributed by atoms with E-state index >= 15 is 0 Å². The monoisotopic (exact) mass is 292 g/mol. The lowest BCUT2D eigenvalue weighted by Crippen LogP contribution is -2.45. The van der Waals surface area contributed by atoms with Gasteiger partial charge in [-0.15, -0.1) is 0 Å². The van der Waals surface area contributed by atoms with Gasteiger partial charge in [0.25, 0.3) is 0 Å². The number of aliphatic carboxylic acids is 1. The quantitative estimate of drug-likeness (QED) is 0.772. The number of para-hydroxylation sites is 1. The van der Waals surface area contributed by atoms with Gasteiger partial charge in [-0.25, -0.2) is 0 Å². The molecule has 5 nitrogen and oxygen atoms in total. The second-order valence-electron chi connectivity index (χ2n) is 5.27. The molecular formula is C16H24N2O3. The van der Waals surface area contributed by atoms with Crippen LogP contribution in [0.1, 0.15) is 27.2 Å². The van der Waals surface area contributed by atoms with Crippen molar-refractivity contribution in [3.8, 4) is 0 Å². The lowest BCUT2D eigenvalue weighted by molar-refractivity contribution is -0.142. The highest BCUT2D eigenvalue weighted by Gasteiger charge is 2.24. The number of rotatable bonds is 8. The van der Waals surface area contributed by atoms with E-state index in [-0.39, 0.29) is 11.9 Å². The van der Waals surface area contributed by atoms with Crippen LogP contribution in [-0.4, -0.2) is 41.0 Å². The van der Waals surface area contributed by atoms with Crippen molar-refractivity contribution in [3.05, 3.63) is 30.3 Å². The number of benzene rings is 1. The van der Waals surface area contributed by atoms with Crippen molar-refractivity contribution < 1.29 is 14.7 Å². The maximum Gasteiger partial charge on any atom is 0.307 e. The van der Waals surface area contributed by atoms with E-state index in [2.05, 4.69) is 5.32 Å². The lowest BCUT2D eigenvalue weighted by Gasteiger charge is -2.29. The molecule has 1 amide bonds. The molecule has 0 radical (unpaired) electrons. The van der Waals surface area contributed by atoms with Gasteiger partial charge in [-0.2, -0.15) is 0 Å². The summed E-state index contributed by atoms with van der Waals surface area (Å²) in [5.41, 5.74) is 0.747. The number of anilines is 1. The molecule has 2 atom stereocenters. The lowest BCUT2D eigenvalue weighted by atomic mass is 10.1. The summed E-state index contributed by atoms with van der Waals surface area (Å²) in [7, 11) is 0. The summed E-state index contributed by atoms with van der Waals surface area (Å²) in [4.78, 5) is 25.2. The molecule has 0 heterocycles. The Labute approximate surface area is 126 Å². The summed E-state index contributed by atoms with van der Waals surface area (Å²) in [6.07, 6.45) is 0.870. The first-order valence-electron chi connectivity index (χ1n) is 7.28. The molecule has 0 aliphatic heterocycles. The van der Waals surface area contributed by atoms with Crippen molar-refractivity contribution >= 4 is 17.6 Å². The fourth-order valence-corrected chi connectivity index (χ4v) is 2.09. The van der Waals surface area contributed by atoms with Crippen molar-refractivity contribution in [1.82, 2.24) is 4.90 Å². The SMILES string of the molecule is CCCN(CC(C)C(=O)O)C(C)C(=O)Nc1ccccc1. The van der Waals surface area contributed by atoms with Gasteiger partial charge in [0.15, 0.2) is 0 Å². The van der Waals surface area contributed by atoms with E-state index in [0.717, 1.165) is 12.1 Å². The minimum atomic E-state index is -0.841. The van der Waals surface area contributed by atoms with Crippen LogP contribution in [0, 0.1) is 5.92 Å². The molecule has 5 heteroatoms. The molecule has 0 bridgehead atoms. The smallest absolute Gasteiger partial charge is 0.307 e. The van der Waals surface area contributed by atoms with Crippen LogP contribution in [0.5, 0.6) is 0 Å². The molecule has 0 saturated carbocycles. The standard InChI is InChI=1S/C16H24N2O3/c1-4-10-18(11-12(2)16(20)21)13(3)15(19)17-14-8-6-5-7-9-14/h5-9,12-13H,4,10-11H2,1-3H3,(H,17,19)(H,20,21). The van der Waals surface area contributed by atoms with Gasteiger partial charge in [-0.05, 0) is 32.0 Å². The molecule has 2 unspecified atom stereocenters. The summed E-state index contributed by atoms with van der Waals surface area (Å²) >= 11 is 0. The van der Waals surface area contributed by atoms with E-state index in [1.165, 1.54) is 0 Å². The Balaban J connectivity index is 2.68. The van der Waals surface area contributed by atoms with E-state index in [9.17, 15) is 9.59 Å². The Morgan fingerprint density at radius 2 is 1.86 bits per heavy atom. The fourth-order valence-electron chi connectivity index (χ4n) is 2.09. The number of hydrogen-bond donors (Lipinski definition) is 2. The zero-order chi connectivity index (χ0) is 15.8. The number of carbonyl (C=O) groups excluding carboxylic acids is 1. The van der Waals surface area contributed by atoms with Crippen LogP contribution in [0.4, 0.5) is 5.69 Å². The molecule has 2 N–H and O–H groups in total. The predicted molar refractivity (Wildman–Crippen MR) is 83.2 cm³/mol. The van der Waals surface area contributed by atoms with Gasteiger partial charge in [-0.1, -0.05) is 32.0 Å². The summed E-state index contributed by atoms with van der Waals surface area (Å²) < 4.78 is 0. The van der Waals surface area contributed by atoms with Crippen molar-refractivity contribution in [3.63, 3.8) is 0 Å². The van der Waals surface area contributed by atoms with Gasteiger partial charge < -0.3 is 10.4 Å². The fraction of sp³-hybridized carbons (Fsp3) is 0.500. The Hall–Kier alpha value is -1.88. The highest BCUT2D eigenvalue weighted by atomic mass is 16.4. The third kappa shape index (κ3) is 5.55. The highest BCUT2D eigenvalue weighted by Crippen LogP contribution is 2.11. The molecule has 0 aliphatic carbocycles. The molecule has 0 saturated heterocycles. The predicted octanol–water partition coefficient (Wildman–Crippen LogP) is 2.45. The third-order valence-corrected chi connectivity index (χ3v) is 3.41. The Morgan fingerprint density at radius 1 is 1.24 bits per heavy atom. The Morgan fingerprint density at radius 3 is 2.38 bits per heavy atom. The summed E-state index contributed by atoms with van der Waals surface area (Å²) in [5, 5.41) is 11.9. The molecule has 0 aromatic heterocycles. The first-order chi connectivity index (χ1) is 9.95. The van der Waals surface area contributed by atoms with E-state index < -0.39 is 11.9 Å². The van der Waals surface area contributed by atoms with Crippen molar-refractivity contribution in [2.45, 2.75) is 33.2 Å². The molecule has 21 heavy (non-hydrogen) atoms. The van der Waals surface area contributed by atoms with Gasteiger partial charge in [-0.3, -0.25) is 14.5 Å². The molecular weight excluding hydrogens is 268 g/mol. The maximum atomic E-state index is 12.3. The van der Waals surface area contributed by atoms with Crippen LogP contribution >= 0.6 is 0 Å². The largest absolute Gasteiger partial charge is 0.481 e. The minimum Gasteiger partial charge on any atom is -0.481 e. The van der Waals surface area contributed by atoms with Crippen molar-refractivity contribution in [2.75, 3.05) is 18.4 Å². The molecule has 0 spiro atoms. The normalized spacial score (nSPS) is 13.7. The van der Waals surface area contributed by atoms with Gasteiger partial charge in [0, 0.05) is 12.2 Å². The van der Waals surface area contributed by atoms with Crippen molar-refractivity contribution in [1.29, 1.82) is 0 Å². The first kappa shape index (κ1) is 17.2. The van der Waals surface area contributed by atoms with Gasteiger partial charge in [0.2, 0.25) is 5.91 Å². The third-order valence-electron chi connectivity index (χ3n) is 3.41. The maximum absolute atomic E-state index is 12.3. The minimum absolute atomic E-state index is 0.118. The van der Waals surface area contributed by atoms with Gasteiger partial charge >= 0.3 is 5.97 Å². The van der Waals surface area contributed by atoms with E-state index in [1.807, 2.05) is 49.1 Å². The molecule has 1 aromatic rings. The van der Waals surface area contributed by atoms with Gasteiger partial charge in [0.05, 0.1) is 12.0 Å². The number of nitrogens with one attached hydrogen (secondary N) is 1. The molecule has 1 rings (SSSR count). The number of carboxylic acids is 1. The summed E-state index contributed by atoms with van der Waals surface area (Å²) in [5.74, 6) is -1.46. The first-order valence-corrected chi connectivity index (χ1v) is 7.28. The Bertz CT molecular complexity index is 462. The second kappa shape index (κ2) is 8.42. The molecule has 1 aromatic carbocycles. The Kier molecular flexibility index (Phi) is 6.88. The molecule has 0 fully saturated rings. The van der Waals surface area contributed by atoms with Crippen LogP contribution in [-0.2, 0) is 9.59 Å². The van der Waals surface area contributed by atoms with Crippen LogP contribution in [0.3, 0.4) is 0 Å². The number of hydrogen-bond acceptors (Lipinski definition) is 3. The summed E-state index contributed by atoms with van der Waals surface area (Å²) in [6.45, 7) is 6.54. The zero-order valence-corrected chi connectivity index (χ0v) is 12.9. The topological polar surface area (TPSA) is 69.6 Å². The second-order valence-corrected chi connectivity index (χ2v) is 5.27.